The van der Waals surface area contributed by atoms with Gasteiger partial charge in [0, 0.05) is 11.4 Å². The molecule has 0 unspecified atom stereocenters. The number of fused-ring (bicyclic) bond motifs is 1. The van der Waals surface area contributed by atoms with Crippen LogP contribution in [0.1, 0.15) is 40.5 Å². The summed E-state index contributed by atoms with van der Waals surface area (Å²) in [7, 11) is -2.07. The third kappa shape index (κ3) is 4.94. The highest BCUT2D eigenvalue weighted by molar-refractivity contribution is 8.04. The minimum Gasteiger partial charge on any atom is -0.457 e. The van der Waals surface area contributed by atoms with Crippen LogP contribution in [0.5, 0.6) is 0 Å². The Morgan fingerprint density at radius 3 is 2.61 bits per heavy atom. The highest BCUT2D eigenvalue weighted by Crippen LogP contribution is 2.52. The van der Waals surface area contributed by atoms with Crippen LogP contribution in [0.15, 0.2) is 23.3 Å². The molecule has 33 heavy (non-hydrogen) atoms. The molecular weight excluding hydrogens is 458 g/mol. The molecule has 3 aliphatic heterocycles. The third-order valence-corrected chi connectivity index (χ3v) is 13.1. The molecular formula is C23H37N3O5SSi. The minimum absolute atomic E-state index is 0.0269. The number of amides is 2. The number of likely N-dealkylation sites (tertiary alicyclic amines) is 1. The van der Waals surface area contributed by atoms with E-state index in [0.717, 1.165) is 17.9 Å². The molecule has 3 rings (SSSR count). The van der Waals surface area contributed by atoms with Crippen molar-refractivity contribution in [1.29, 1.82) is 0 Å². The predicted molar refractivity (Wildman–Crippen MR) is 131 cm³/mol. The molecule has 0 bridgehead atoms. The first kappa shape index (κ1) is 26.0. The van der Waals surface area contributed by atoms with E-state index >= 15 is 0 Å². The van der Waals surface area contributed by atoms with Crippen LogP contribution in [0, 0.1) is 5.92 Å². The van der Waals surface area contributed by atoms with E-state index in [-0.39, 0.29) is 52.6 Å². The van der Waals surface area contributed by atoms with Crippen molar-refractivity contribution in [3.63, 3.8) is 0 Å². The minimum atomic E-state index is -2.07. The van der Waals surface area contributed by atoms with Gasteiger partial charge in [-0.3, -0.25) is 19.4 Å². The number of esters is 1. The Kier molecular flexibility index (Phi) is 7.53. The van der Waals surface area contributed by atoms with Crippen LogP contribution in [0.2, 0.25) is 18.1 Å². The molecule has 2 fully saturated rings. The fourth-order valence-corrected chi connectivity index (χ4v) is 7.44. The largest absolute Gasteiger partial charge is 0.457 e. The first-order chi connectivity index (χ1) is 15.3. The average molecular weight is 496 g/mol. The Morgan fingerprint density at radius 1 is 1.36 bits per heavy atom. The first-order valence-corrected chi connectivity index (χ1v) is 15.3. The van der Waals surface area contributed by atoms with Gasteiger partial charge in [-0.1, -0.05) is 33.4 Å². The molecule has 10 heteroatoms. The predicted octanol–water partition coefficient (Wildman–Crippen LogP) is 2.82. The van der Waals surface area contributed by atoms with Gasteiger partial charge in [0.2, 0.25) is 11.8 Å². The van der Waals surface area contributed by atoms with Crippen molar-refractivity contribution in [2.24, 2.45) is 11.7 Å². The van der Waals surface area contributed by atoms with Gasteiger partial charge in [0.25, 0.3) is 0 Å². The SMILES string of the molecule is C=CCOC(=O)C1=C(CN2CCC[C@@H]2C(N)=O)S[C@@H]2[C@@H]([C@@H](C)O[Si](C)(C)C(C)(C)C)C(=O)N12. The van der Waals surface area contributed by atoms with Crippen LogP contribution in [0.25, 0.3) is 0 Å². The number of nitrogens with two attached hydrogens (primary N) is 1. The van der Waals surface area contributed by atoms with Crippen LogP contribution in [-0.2, 0) is 23.5 Å². The van der Waals surface area contributed by atoms with Gasteiger partial charge in [0.1, 0.15) is 17.7 Å². The average Bonchev–Trinajstić information content (AvgIpc) is 3.28. The lowest BCUT2D eigenvalue weighted by atomic mass is 9.92. The molecule has 4 atom stereocenters. The monoisotopic (exact) mass is 495 g/mol. The molecule has 0 saturated carbocycles. The summed E-state index contributed by atoms with van der Waals surface area (Å²) in [4.78, 5) is 42.3. The maximum atomic E-state index is 13.3. The highest BCUT2D eigenvalue weighted by Gasteiger charge is 2.59. The van der Waals surface area contributed by atoms with Gasteiger partial charge in [-0.05, 0) is 44.4 Å². The number of primary amides is 1. The smallest absolute Gasteiger partial charge is 0.356 e. The molecule has 0 aromatic rings. The number of carbonyl (C=O) groups excluding carboxylic acids is 3. The second kappa shape index (κ2) is 9.56. The normalized spacial score (nSPS) is 26.8. The number of carbonyl (C=O) groups is 3. The number of ether oxygens (including phenoxy) is 1. The van der Waals surface area contributed by atoms with Gasteiger partial charge < -0.3 is 14.9 Å². The van der Waals surface area contributed by atoms with E-state index in [1.807, 2.05) is 11.8 Å². The molecule has 2 amide bonds. The van der Waals surface area contributed by atoms with Crippen molar-refractivity contribution >= 4 is 37.9 Å². The molecule has 184 valence electrons. The van der Waals surface area contributed by atoms with Gasteiger partial charge in [-0.2, -0.15) is 0 Å². The molecule has 3 aliphatic rings. The van der Waals surface area contributed by atoms with E-state index in [4.69, 9.17) is 14.9 Å². The number of β-lactam (4-membered cyclic amide) rings is 1. The molecule has 0 aromatic carbocycles. The van der Waals surface area contributed by atoms with Crippen molar-refractivity contribution in [2.75, 3.05) is 19.7 Å². The maximum Gasteiger partial charge on any atom is 0.356 e. The van der Waals surface area contributed by atoms with Gasteiger partial charge in [-0.25, -0.2) is 4.79 Å². The number of hydrogen-bond donors (Lipinski definition) is 1. The zero-order chi connectivity index (χ0) is 24.7. The summed E-state index contributed by atoms with van der Waals surface area (Å²) in [5, 5.41) is -0.188. The topological polar surface area (TPSA) is 102 Å². The van der Waals surface area contributed by atoms with Crippen LogP contribution in [0.3, 0.4) is 0 Å². The van der Waals surface area contributed by atoms with Gasteiger partial charge in [0.05, 0.1) is 18.1 Å². The molecule has 3 heterocycles. The fraction of sp³-hybridized carbons (Fsp3) is 0.696. The number of rotatable bonds is 9. The molecule has 8 nitrogen and oxygen atoms in total. The molecule has 0 aromatic heterocycles. The summed E-state index contributed by atoms with van der Waals surface area (Å²) in [5.41, 5.74) is 5.86. The Morgan fingerprint density at radius 2 is 2.03 bits per heavy atom. The van der Waals surface area contributed by atoms with Crippen molar-refractivity contribution < 1.29 is 23.5 Å². The van der Waals surface area contributed by atoms with Gasteiger partial charge in [0.15, 0.2) is 8.32 Å². The second-order valence-corrected chi connectivity index (χ2v) is 16.5. The summed E-state index contributed by atoms with van der Waals surface area (Å²) in [5.74, 6) is -1.36. The Balaban J connectivity index is 1.82. The van der Waals surface area contributed by atoms with Gasteiger partial charge in [-0.15, -0.1) is 11.8 Å². The number of thioether (sulfide) groups is 1. The molecule has 0 spiro atoms. The summed E-state index contributed by atoms with van der Waals surface area (Å²) in [6, 6.07) is -0.357. The van der Waals surface area contributed by atoms with Crippen molar-refractivity contribution in [3.05, 3.63) is 23.3 Å². The van der Waals surface area contributed by atoms with Crippen molar-refractivity contribution in [2.45, 2.75) is 76.2 Å². The van der Waals surface area contributed by atoms with E-state index in [1.165, 1.54) is 17.8 Å². The Hall–Kier alpha value is -1.62. The van der Waals surface area contributed by atoms with Gasteiger partial charge >= 0.3 is 5.97 Å². The zero-order valence-electron chi connectivity index (χ0n) is 20.6. The second-order valence-electron chi connectivity index (χ2n) is 10.5. The van der Waals surface area contributed by atoms with Crippen LogP contribution in [0.4, 0.5) is 0 Å². The van der Waals surface area contributed by atoms with Crippen molar-refractivity contribution in [1.82, 2.24) is 9.80 Å². The lowest BCUT2D eigenvalue weighted by Gasteiger charge is -2.48. The highest BCUT2D eigenvalue weighted by atomic mass is 32.2. The quantitative estimate of drug-likeness (QED) is 0.227. The Labute approximate surface area is 202 Å². The number of hydrogen-bond acceptors (Lipinski definition) is 7. The van der Waals surface area contributed by atoms with E-state index in [0.29, 0.717) is 13.0 Å². The first-order valence-electron chi connectivity index (χ1n) is 11.5. The van der Waals surface area contributed by atoms with Crippen LogP contribution < -0.4 is 5.73 Å². The summed E-state index contributed by atoms with van der Waals surface area (Å²) in [6.45, 7) is 17.6. The van der Waals surface area contributed by atoms with Crippen LogP contribution in [-0.4, -0.2) is 73.1 Å². The van der Waals surface area contributed by atoms with Crippen LogP contribution >= 0.6 is 11.8 Å². The molecule has 0 aliphatic carbocycles. The summed E-state index contributed by atoms with van der Waals surface area (Å²) >= 11 is 1.50. The number of nitrogens with zero attached hydrogens (tertiary/aromatic N) is 2. The van der Waals surface area contributed by atoms with E-state index in [9.17, 15) is 14.4 Å². The Bertz CT molecular complexity index is 869. The third-order valence-electron chi connectivity index (χ3n) is 7.21. The summed E-state index contributed by atoms with van der Waals surface area (Å²) < 4.78 is 11.8. The summed E-state index contributed by atoms with van der Waals surface area (Å²) in [6.07, 6.45) is 2.81. The molecule has 2 saturated heterocycles. The van der Waals surface area contributed by atoms with E-state index in [2.05, 4.69) is 40.4 Å². The lowest BCUT2D eigenvalue weighted by Crippen LogP contribution is -2.62. The maximum absolute atomic E-state index is 13.3. The zero-order valence-corrected chi connectivity index (χ0v) is 22.4. The molecule has 2 N–H and O–H groups in total. The molecule has 0 radical (unpaired) electrons. The fourth-order valence-electron chi connectivity index (χ4n) is 4.38. The van der Waals surface area contributed by atoms with Crippen molar-refractivity contribution in [3.8, 4) is 0 Å². The lowest BCUT2D eigenvalue weighted by molar-refractivity contribution is -0.157. The van der Waals surface area contributed by atoms with E-state index in [1.54, 1.807) is 4.90 Å². The van der Waals surface area contributed by atoms with E-state index < -0.39 is 14.3 Å². The standard InChI is InChI=1S/C23H37N3O5SSi/c1-8-12-30-22(29)18-16(13-25-11-9-10-15(25)19(24)27)32-21-17(20(28)26(18)21)14(2)31-33(6,7)23(3,4)5/h8,14-15,17,21H,1,9-13H2,2-7H3,(H2,24,27)/t14-,15-,17+,21-/m1/s1.